The van der Waals surface area contributed by atoms with Gasteiger partial charge in [0.05, 0.1) is 18.3 Å². The maximum atomic E-state index is 13.8. The Balaban J connectivity index is 2.29. The first-order valence-corrected chi connectivity index (χ1v) is 5.98. The van der Waals surface area contributed by atoms with E-state index < -0.39 is 17.5 Å². The van der Waals surface area contributed by atoms with Crippen molar-refractivity contribution in [3.63, 3.8) is 0 Å². The summed E-state index contributed by atoms with van der Waals surface area (Å²) in [6, 6.07) is 5.87. The van der Waals surface area contributed by atoms with Crippen molar-refractivity contribution in [2.24, 2.45) is 0 Å². The Labute approximate surface area is 117 Å². The average Bonchev–Trinajstić information content (AvgIpc) is 2.75. The van der Waals surface area contributed by atoms with Gasteiger partial charge < -0.3 is 10.5 Å². The number of rotatable bonds is 2. The van der Waals surface area contributed by atoms with Crippen LogP contribution >= 0.6 is 0 Å². The van der Waals surface area contributed by atoms with Crippen LogP contribution in [0.15, 0.2) is 30.3 Å². The molecule has 0 atom stereocenters. The molecule has 0 fully saturated rings. The summed E-state index contributed by atoms with van der Waals surface area (Å²) in [5.41, 5.74) is 6.07. The molecule has 0 radical (unpaired) electrons. The van der Waals surface area contributed by atoms with Crippen LogP contribution in [0.25, 0.3) is 16.7 Å². The van der Waals surface area contributed by atoms with E-state index in [2.05, 4.69) is 4.98 Å². The van der Waals surface area contributed by atoms with E-state index in [1.165, 1.54) is 23.8 Å². The molecule has 0 aliphatic heterocycles. The first-order valence-electron chi connectivity index (χ1n) is 5.98. The van der Waals surface area contributed by atoms with Gasteiger partial charge in [0, 0.05) is 18.2 Å². The van der Waals surface area contributed by atoms with Crippen molar-refractivity contribution in [2.75, 3.05) is 12.8 Å². The van der Waals surface area contributed by atoms with E-state index in [-0.39, 0.29) is 22.7 Å². The number of anilines is 1. The van der Waals surface area contributed by atoms with Gasteiger partial charge in [0.15, 0.2) is 17.4 Å². The molecule has 3 rings (SSSR count). The van der Waals surface area contributed by atoms with Crippen LogP contribution in [0.2, 0.25) is 0 Å². The number of imidazole rings is 1. The van der Waals surface area contributed by atoms with Crippen molar-refractivity contribution in [1.82, 2.24) is 9.55 Å². The van der Waals surface area contributed by atoms with E-state index in [0.29, 0.717) is 11.8 Å². The average molecular weight is 293 g/mol. The third-order valence-electron chi connectivity index (χ3n) is 3.10. The third-order valence-corrected chi connectivity index (χ3v) is 3.10. The molecule has 7 heteroatoms. The molecule has 4 nitrogen and oxygen atoms in total. The number of fused-ring (bicyclic) bond motifs is 1. The Morgan fingerprint density at radius 3 is 2.52 bits per heavy atom. The first-order chi connectivity index (χ1) is 10.0. The standard InChI is InChI=1S/C14H10F3N3O/c1-21-12-3-2-8(6-9(12)16)20-11-5-7(15)4-10(17)13(11)19-14(20)18/h2-6H,1H3,(H2,18,19). The molecule has 0 bridgehead atoms. The summed E-state index contributed by atoms with van der Waals surface area (Å²) >= 11 is 0. The van der Waals surface area contributed by atoms with Gasteiger partial charge in [-0.05, 0) is 12.1 Å². The molecular formula is C14H10F3N3O. The summed E-state index contributed by atoms with van der Waals surface area (Å²) in [5.74, 6) is -2.23. The van der Waals surface area contributed by atoms with Gasteiger partial charge in [0.1, 0.15) is 11.3 Å². The van der Waals surface area contributed by atoms with Crippen molar-refractivity contribution in [3.05, 3.63) is 47.8 Å². The summed E-state index contributed by atoms with van der Waals surface area (Å²) in [6.07, 6.45) is 0. The van der Waals surface area contributed by atoms with E-state index in [1.54, 1.807) is 0 Å². The summed E-state index contributed by atoms with van der Waals surface area (Å²) in [5, 5.41) is 0. The number of halogens is 3. The molecule has 0 aliphatic carbocycles. The molecule has 1 heterocycles. The number of nitrogens with two attached hydrogens (primary N) is 1. The fourth-order valence-corrected chi connectivity index (χ4v) is 2.19. The lowest BCUT2D eigenvalue weighted by Gasteiger charge is -2.08. The monoisotopic (exact) mass is 293 g/mol. The maximum absolute atomic E-state index is 13.8. The fourth-order valence-electron chi connectivity index (χ4n) is 2.19. The molecule has 21 heavy (non-hydrogen) atoms. The van der Waals surface area contributed by atoms with Gasteiger partial charge in [-0.25, -0.2) is 18.2 Å². The lowest BCUT2D eigenvalue weighted by Crippen LogP contribution is -2.01. The molecule has 0 unspecified atom stereocenters. The zero-order valence-corrected chi connectivity index (χ0v) is 10.9. The molecule has 108 valence electrons. The minimum absolute atomic E-state index is 0.0547. The minimum Gasteiger partial charge on any atom is -0.494 e. The lowest BCUT2D eigenvalue weighted by atomic mass is 10.2. The van der Waals surface area contributed by atoms with Gasteiger partial charge in [0.2, 0.25) is 5.95 Å². The van der Waals surface area contributed by atoms with Crippen molar-refractivity contribution in [3.8, 4) is 11.4 Å². The van der Waals surface area contributed by atoms with Crippen molar-refractivity contribution < 1.29 is 17.9 Å². The molecule has 0 saturated heterocycles. The third kappa shape index (κ3) is 2.06. The summed E-state index contributed by atoms with van der Waals surface area (Å²) in [7, 11) is 1.34. The predicted octanol–water partition coefficient (Wildman–Crippen LogP) is 3.03. The number of aromatic nitrogens is 2. The number of hydrogen-bond acceptors (Lipinski definition) is 3. The zero-order valence-electron chi connectivity index (χ0n) is 10.9. The van der Waals surface area contributed by atoms with E-state index >= 15 is 0 Å². The van der Waals surface area contributed by atoms with Crippen LogP contribution in [0.5, 0.6) is 5.75 Å². The lowest BCUT2D eigenvalue weighted by molar-refractivity contribution is 0.386. The van der Waals surface area contributed by atoms with Crippen molar-refractivity contribution in [2.45, 2.75) is 0 Å². The van der Waals surface area contributed by atoms with Gasteiger partial charge in [-0.3, -0.25) is 4.57 Å². The number of nitrogen functional groups attached to an aromatic ring is 1. The Hall–Kier alpha value is -2.70. The smallest absolute Gasteiger partial charge is 0.206 e. The number of nitrogens with zero attached hydrogens (tertiary/aromatic N) is 2. The molecule has 0 aliphatic rings. The van der Waals surface area contributed by atoms with Crippen LogP contribution in [0.1, 0.15) is 0 Å². The van der Waals surface area contributed by atoms with E-state index in [0.717, 1.165) is 12.1 Å². The van der Waals surface area contributed by atoms with Gasteiger partial charge in [-0.2, -0.15) is 0 Å². The normalized spacial score (nSPS) is 11.0. The van der Waals surface area contributed by atoms with Gasteiger partial charge in [0.25, 0.3) is 0 Å². The number of hydrogen-bond donors (Lipinski definition) is 1. The molecule has 2 aromatic carbocycles. The Morgan fingerprint density at radius 2 is 1.86 bits per heavy atom. The summed E-state index contributed by atoms with van der Waals surface area (Å²) in [6.45, 7) is 0. The number of methoxy groups -OCH3 is 1. The molecule has 3 aromatic rings. The topological polar surface area (TPSA) is 53.1 Å². The van der Waals surface area contributed by atoms with Crippen LogP contribution in [-0.4, -0.2) is 16.7 Å². The van der Waals surface area contributed by atoms with Crippen molar-refractivity contribution in [1.29, 1.82) is 0 Å². The van der Waals surface area contributed by atoms with Crippen LogP contribution in [0, 0.1) is 17.5 Å². The van der Waals surface area contributed by atoms with Crippen LogP contribution in [-0.2, 0) is 0 Å². The Bertz CT molecular complexity index is 845. The number of ether oxygens (including phenoxy) is 1. The second kappa shape index (κ2) is 4.69. The van der Waals surface area contributed by atoms with E-state index in [4.69, 9.17) is 10.5 Å². The predicted molar refractivity (Wildman–Crippen MR) is 71.9 cm³/mol. The van der Waals surface area contributed by atoms with Gasteiger partial charge >= 0.3 is 0 Å². The second-order valence-electron chi connectivity index (χ2n) is 4.38. The Morgan fingerprint density at radius 1 is 1.10 bits per heavy atom. The highest BCUT2D eigenvalue weighted by molar-refractivity contribution is 5.81. The van der Waals surface area contributed by atoms with E-state index in [1.807, 2.05) is 0 Å². The van der Waals surface area contributed by atoms with E-state index in [9.17, 15) is 13.2 Å². The van der Waals surface area contributed by atoms with Crippen LogP contribution < -0.4 is 10.5 Å². The highest BCUT2D eigenvalue weighted by Gasteiger charge is 2.16. The van der Waals surface area contributed by atoms with Gasteiger partial charge in [-0.15, -0.1) is 0 Å². The quantitative estimate of drug-likeness (QED) is 0.790. The molecule has 0 amide bonds. The largest absolute Gasteiger partial charge is 0.494 e. The van der Waals surface area contributed by atoms with Crippen LogP contribution in [0.3, 0.4) is 0 Å². The fraction of sp³-hybridized carbons (Fsp3) is 0.0714. The summed E-state index contributed by atoms with van der Waals surface area (Å²) < 4.78 is 46.9. The molecule has 1 aromatic heterocycles. The van der Waals surface area contributed by atoms with Crippen LogP contribution in [0.4, 0.5) is 19.1 Å². The maximum Gasteiger partial charge on any atom is 0.206 e. The molecule has 0 spiro atoms. The molecular weight excluding hydrogens is 283 g/mol. The van der Waals surface area contributed by atoms with Crippen molar-refractivity contribution >= 4 is 17.0 Å². The number of benzene rings is 2. The first kappa shape index (κ1) is 13.3. The van der Waals surface area contributed by atoms with Gasteiger partial charge in [-0.1, -0.05) is 0 Å². The minimum atomic E-state index is -0.829. The zero-order chi connectivity index (χ0) is 15.1. The highest BCUT2D eigenvalue weighted by atomic mass is 19.1. The molecule has 2 N–H and O–H groups in total. The SMILES string of the molecule is COc1ccc(-n2c(N)nc3c(F)cc(F)cc32)cc1F. The Kier molecular flexibility index (Phi) is 2.97. The summed E-state index contributed by atoms with van der Waals surface area (Å²) in [4.78, 5) is 3.85. The second-order valence-corrected chi connectivity index (χ2v) is 4.38. The molecule has 0 saturated carbocycles. The highest BCUT2D eigenvalue weighted by Crippen LogP contribution is 2.28.